The van der Waals surface area contributed by atoms with Crippen LogP contribution in [-0.4, -0.2) is 26.9 Å². The Morgan fingerprint density at radius 2 is 1.71 bits per heavy atom. The average Bonchev–Trinajstić information content (AvgIpc) is 2.74. The zero-order valence-corrected chi connectivity index (χ0v) is 19.5. The van der Waals surface area contributed by atoms with Gasteiger partial charge in [-0.15, -0.1) is 0 Å². The predicted molar refractivity (Wildman–Crippen MR) is 125 cm³/mol. The first-order chi connectivity index (χ1) is 14.7. The summed E-state index contributed by atoms with van der Waals surface area (Å²) in [6.45, 7) is 0. The van der Waals surface area contributed by atoms with Crippen molar-refractivity contribution in [3.05, 3.63) is 97.8 Å². The van der Waals surface area contributed by atoms with Crippen molar-refractivity contribution in [1.29, 1.82) is 0 Å². The van der Waals surface area contributed by atoms with Gasteiger partial charge in [-0.25, -0.2) is 8.42 Å². The second-order valence-corrected chi connectivity index (χ2v) is 9.94. The van der Waals surface area contributed by atoms with Crippen LogP contribution in [0.25, 0.3) is 5.57 Å². The monoisotopic (exact) mass is 520 g/mol. The third kappa shape index (κ3) is 5.36. The van der Waals surface area contributed by atoms with Gasteiger partial charge >= 0.3 is 0 Å². The zero-order chi connectivity index (χ0) is 22.6. The average molecular weight is 522 g/mol. The highest BCUT2D eigenvalue weighted by Crippen LogP contribution is 2.37. The second kappa shape index (κ2) is 9.68. The van der Waals surface area contributed by atoms with Crippen LogP contribution in [0, 0.1) is 0 Å². The lowest BCUT2D eigenvalue weighted by molar-refractivity contribution is -0.104. The Balaban J connectivity index is 2.24. The summed E-state index contributed by atoms with van der Waals surface area (Å²) in [5.41, 5.74) is 1.25. The summed E-state index contributed by atoms with van der Waals surface area (Å²) in [6.07, 6.45) is 0.312. The van der Waals surface area contributed by atoms with E-state index >= 15 is 0 Å². The smallest absolute Gasteiger partial charge is 0.186 e. The molecule has 0 spiro atoms. The number of rotatable bonds is 7. The quantitative estimate of drug-likeness (QED) is 0.333. The molecule has 160 valence electrons. The standard InChI is InChI=1S/C23H18BrClO5S/c1-30-19-10-11-20(21(27)12-19)23(16-4-6-17(24)7-5-16)22(13-26)31(28,29)14-15-2-8-18(25)9-3-15/h2-13,27H,14H2,1H3. The number of hydrogen-bond acceptors (Lipinski definition) is 5. The largest absolute Gasteiger partial charge is 0.507 e. The number of phenolic OH excluding ortho intramolecular Hbond substituents is 1. The molecule has 0 radical (unpaired) electrons. The second-order valence-electron chi connectivity index (χ2n) is 6.63. The first kappa shape index (κ1) is 23.1. The van der Waals surface area contributed by atoms with E-state index in [9.17, 15) is 18.3 Å². The number of phenols is 1. The molecule has 31 heavy (non-hydrogen) atoms. The molecule has 0 amide bonds. The van der Waals surface area contributed by atoms with Gasteiger partial charge in [0.15, 0.2) is 16.1 Å². The fourth-order valence-electron chi connectivity index (χ4n) is 3.06. The lowest BCUT2D eigenvalue weighted by atomic mass is 9.96. The van der Waals surface area contributed by atoms with Crippen LogP contribution in [0.3, 0.4) is 0 Å². The summed E-state index contributed by atoms with van der Waals surface area (Å²) < 4.78 is 32.4. The van der Waals surface area contributed by atoms with E-state index in [1.807, 2.05) is 0 Å². The fraction of sp³-hybridized carbons (Fsp3) is 0.0870. The molecule has 0 saturated heterocycles. The first-order valence-electron chi connectivity index (χ1n) is 9.05. The minimum atomic E-state index is -4.06. The molecule has 3 rings (SSSR count). The molecular formula is C23H18BrClO5S. The highest BCUT2D eigenvalue weighted by Gasteiger charge is 2.26. The van der Waals surface area contributed by atoms with E-state index in [0.29, 0.717) is 28.2 Å². The number of hydrogen-bond donors (Lipinski definition) is 1. The highest BCUT2D eigenvalue weighted by atomic mass is 79.9. The van der Waals surface area contributed by atoms with Gasteiger partial charge in [0.25, 0.3) is 0 Å². The molecule has 0 fully saturated rings. The number of benzene rings is 3. The van der Waals surface area contributed by atoms with E-state index in [4.69, 9.17) is 16.3 Å². The van der Waals surface area contributed by atoms with Gasteiger partial charge in [-0.1, -0.05) is 51.8 Å². The molecule has 0 unspecified atom stereocenters. The predicted octanol–water partition coefficient (Wildman–Crippen LogP) is 5.39. The SMILES string of the molecule is COc1ccc(C(=C(C=O)S(=O)(=O)Cc2ccc(Cl)cc2)c2ccc(Br)cc2)c(O)c1. The molecular weight excluding hydrogens is 504 g/mol. The Labute approximate surface area is 194 Å². The molecule has 0 atom stereocenters. The van der Waals surface area contributed by atoms with Crippen LogP contribution < -0.4 is 4.74 Å². The molecule has 5 nitrogen and oxygen atoms in total. The van der Waals surface area contributed by atoms with Crippen molar-refractivity contribution in [1.82, 2.24) is 0 Å². The van der Waals surface area contributed by atoms with Crippen molar-refractivity contribution in [2.75, 3.05) is 7.11 Å². The van der Waals surface area contributed by atoms with Crippen LogP contribution in [0.2, 0.25) is 5.02 Å². The molecule has 0 aliphatic rings. The normalized spacial score (nSPS) is 12.2. The molecule has 8 heteroatoms. The Kier molecular flexibility index (Phi) is 7.20. The number of aromatic hydroxyl groups is 1. The summed E-state index contributed by atoms with van der Waals surface area (Å²) in [4.78, 5) is 11.7. The van der Waals surface area contributed by atoms with Gasteiger partial charge in [0.05, 0.1) is 12.9 Å². The van der Waals surface area contributed by atoms with E-state index in [2.05, 4.69) is 15.9 Å². The van der Waals surface area contributed by atoms with Crippen molar-refractivity contribution in [3.8, 4) is 11.5 Å². The number of aldehydes is 1. The molecule has 0 aliphatic carbocycles. The highest BCUT2D eigenvalue weighted by molar-refractivity contribution is 9.10. The summed E-state index contributed by atoms with van der Waals surface area (Å²) in [6, 6.07) is 17.6. The molecule has 0 aromatic heterocycles. The summed E-state index contributed by atoms with van der Waals surface area (Å²) in [7, 11) is -2.61. The Bertz CT molecular complexity index is 1230. The summed E-state index contributed by atoms with van der Waals surface area (Å²) in [5.74, 6) is -0.207. The maximum atomic E-state index is 13.3. The van der Waals surface area contributed by atoms with Gasteiger partial charge in [-0.2, -0.15) is 0 Å². The van der Waals surface area contributed by atoms with E-state index in [1.54, 1.807) is 54.6 Å². The number of sulfone groups is 1. The Morgan fingerprint density at radius 1 is 1.06 bits per heavy atom. The number of allylic oxidation sites excluding steroid dienone is 1. The lowest BCUT2D eigenvalue weighted by Gasteiger charge is -2.15. The van der Waals surface area contributed by atoms with Gasteiger partial charge in [-0.3, -0.25) is 4.79 Å². The summed E-state index contributed by atoms with van der Waals surface area (Å²) >= 11 is 9.23. The van der Waals surface area contributed by atoms with E-state index in [-0.39, 0.29) is 16.9 Å². The van der Waals surface area contributed by atoms with Gasteiger partial charge in [0.1, 0.15) is 16.4 Å². The number of carbonyl (C=O) groups is 1. The zero-order valence-electron chi connectivity index (χ0n) is 16.4. The van der Waals surface area contributed by atoms with Crippen molar-refractivity contribution < 1.29 is 23.1 Å². The van der Waals surface area contributed by atoms with Crippen LogP contribution in [0.4, 0.5) is 0 Å². The molecule has 0 saturated carbocycles. The number of carbonyl (C=O) groups excluding carboxylic acids is 1. The Hall–Kier alpha value is -2.61. The number of methoxy groups -OCH3 is 1. The number of halogens is 2. The fourth-order valence-corrected chi connectivity index (χ4v) is 4.92. The molecule has 1 N–H and O–H groups in total. The molecule has 3 aromatic rings. The van der Waals surface area contributed by atoms with E-state index in [0.717, 1.165) is 4.47 Å². The third-order valence-electron chi connectivity index (χ3n) is 4.57. The maximum absolute atomic E-state index is 13.3. The minimum absolute atomic E-state index is 0.108. The van der Waals surface area contributed by atoms with Crippen LogP contribution >= 0.6 is 27.5 Å². The van der Waals surface area contributed by atoms with Crippen LogP contribution in [0.15, 0.2) is 76.1 Å². The van der Waals surface area contributed by atoms with Crippen LogP contribution in [-0.2, 0) is 20.4 Å². The molecule has 0 aliphatic heterocycles. The van der Waals surface area contributed by atoms with Gasteiger partial charge < -0.3 is 9.84 Å². The van der Waals surface area contributed by atoms with Gasteiger partial charge in [0.2, 0.25) is 0 Å². The summed E-state index contributed by atoms with van der Waals surface area (Å²) in [5, 5.41) is 11.1. The maximum Gasteiger partial charge on any atom is 0.186 e. The van der Waals surface area contributed by atoms with Crippen molar-refractivity contribution in [2.24, 2.45) is 0 Å². The molecule has 0 heterocycles. The van der Waals surface area contributed by atoms with Gasteiger partial charge in [-0.05, 0) is 47.5 Å². The van der Waals surface area contributed by atoms with E-state index in [1.165, 1.54) is 19.2 Å². The van der Waals surface area contributed by atoms with Crippen LogP contribution in [0.1, 0.15) is 16.7 Å². The first-order valence-corrected chi connectivity index (χ1v) is 11.9. The van der Waals surface area contributed by atoms with Crippen LogP contribution in [0.5, 0.6) is 11.5 Å². The van der Waals surface area contributed by atoms with Crippen molar-refractivity contribution in [2.45, 2.75) is 5.75 Å². The lowest BCUT2D eigenvalue weighted by Crippen LogP contribution is -2.12. The number of ether oxygens (including phenoxy) is 1. The van der Waals surface area contributed by atoms with E-state index < -0.39 is 20.5 Å². The molecule has 3 aromatic carbocycles. The topological polar surface area (TPSA) is 80.7 Å². The van der Waals surface area contributed by atoms with Crippen molar-refractivity contribution in [3.63, 3.8) is 0 Å². The van der Waals surface area contributed by atoms with Gasteiger partial charge in [0, 0.05) is 26.7 Å². The van der Waals surface area contributed by atoms with Crippen molar-refractivity contribution >= 4 is 49.2 Å². The Morgan fingerprint density at radius 3 is 2.26 bits per heavy atom. The molecule has 0 bridgehead atoms. The minimum Gasteiger partial charge on any atom is -0.507 e. The third-order valence-corrected chi connectivity index (χ3v) is 7.03.